The van der Waals surface area contributed by atoms with Crippen LogP contribution in [-0.4, -0.2) is 18.3 Å². The molecule has 0 spiro atoms. The number of hydrogen-bond acceptors (Lipinski definition) is 2. The fourth-order valence-electron chi connectivity index (χ4n) is 2.69. The van der Waals surface area contributed by atoms with Crippen molar-refractivity contribution in [2.75, 3.05) is 13.2 Å². The van der Waals surface area contributed by atoms with Crippen molar-refractivity contribution in [3.63, 3.8) is 0 Å². The molecule has 0 bridgehead atoms. The molecule has 0 amide bonds. The minimum absolute atomic E-state index is 0.205. The van der Waals surface area contributed by atoms with Crippen LogP contribution in [0.15, 0.2) is 18.2 Å². The molecule has 0 saturated carbocycles. The van der Waals surface area contributed by atoms with Crippen molar-refractivity contribution in [3.8, 4) is 0 Å². The van der Waals surface area contributed by atoms with Crippen molar-refractivity contribution in [1.82, 2.24) is 0 Å². The Labute approximate surface area is 104 Å². The van der Waals surface area contributed by atoms with E-state index < -0.39 is 5.60 Å². The third-order valence-electron chi connectivity index (χ3n) is 3.89. The van der Waals surface area contributed by atoms with Crippen molar-refractivity contribution in [1.29, 1.82) is 0 Å². The zero-order chi connectivity index (χ0) is 12.5. The summed E-state index contributed by atoms with van der Waals surface area (Å²) in [4.78, 5) is 0. The Balaban J connectivity index is 2.32. The first-order chi connectivity index (χ1) is 8.01. The van der Waals surface area contributed by atoms with Gasteiger partial charge in [-0.3, -0.25) is 0 Å². The van der Waals surface area contributed by atoms with E-state index in [1.165, 1.54) is 5.56 Å². The first-order valence-electron chi connectivity index (χ1n) is 6.39. The summed E-state index contributed by atoms with van der Waals surface area (Å²) in [5.41, 5.74) is 2.62. The molecule has 0 aromatic heterocycles. The molecule has 1 aromatic carbocycles. The molecule has 0 aliphatic carbocycles. The van der Waals surface area contributed by atoms with Crippen LogP contribution in [0, 0.1) is 19.8 Å². The highest BCUT2D eigenvalue weighted by Gasteiger charge is 2.36. The summed E-state index contributed by atoms with van der Waals surface area (Å²) in [6.07, 6.45) is 2.09. The van der Waals surface area contributed by atoms with E-state index in [9.17, 15) is 5.11 Å². The van der Waals surface area contributed by atoms with E-state index in [0.717, 1.165) is 30.6 Å². The maximum absolute atomic E-state index is 10.8. The summed E-state index contributed by atoms with van der Waals surface area (Å²) in [7, 11) is 0. The summed E-state index contributed by atoms with van der Waals surface area (Å²) in [6.45, 7) is 7.55. The van der Waals surface area contributed by atoms with E-state index >= 15 is 0 Å². The van der Waals surface area contributed by atoms with Gasteiger partial charge in [-0.1, -0.05) is 23.8 Å². The minimum atomic E-state index is -0.781. The SMILES string of the molecule is Cc1ccc(C)c(C(C)(O)C2CCCOC2)c1. The van der Waals surface area contributed by atoms with Gasteiger partial charge in [0.2, 0.25) is 0 Å². The summed E-state index contributed by atoms with van der Waals surface area (Å²) in [5.74, 6) is 0.205. The number of hydrogen-bond donors (Lipinski definition) is 1. The second-order valence-electron chi connectivity index (χ2n) is 5.38. The van der Waals surface area contributed by atoms with E-state index in [2.05, 4.69) is 32.0 Å². The van der Waals surface area contributed by atoms with Crippen LogP contribution in [0.5, 0.6) is 0 Å². The van der Waals surface area contributed by atoms with Crippen molar-refractivity contribution in [3.05, 3.63) is 34.9 Å². The molecule has 2 unspecified atom stereocenters. The van der Waals surface area contributed by atoms with Crippen LogP contribution < -0.4 is 0 Å². The van der Waals surface area contributed by atoms with Gasteiger partial charge in [-0.15, -0.1) is 0 Å². The van der Waals surface area contributed by atoms with E-state index in [1.807, 2.05) is 6.92 Å². The summed E-state index contributed by atoms with van der Waals surface area (Å²) < 4.78 is 5.50. The second kappa shape index (κ2) is 4.79. The van der Waals surface area contributed by atoms with Crippen LogP contribution in [-0.2, 0) is 10.3 Å². The van der Waals surface area contributed by atoms with Gasteiger partial charge in [0, 0.05) is 12.5 Å². The number of rotatable bonds is 2. The smallest absolute Gasteiger partial charge is 0.0921 e. The van der Waals surface area contributed by atoms with Gasteiger partial charge in [-0.05, 0) is 44.7 Å². The molecule has 1 heterocycles. The van der Waals surface area contributed by atoms with Gasteiger partial charge < -0.3 is 9.84 Å². The van der Waals surface area contributed by atoms with Gasteiger partial charge in [0.1, 0.15) is 0 Å². The third kappa shape index (κ3) is 2.53. The number of benzene rings is 1. The van der Waals surface area contributed by atoms with Gasteiger partial charge in [-0.2, -0.15) is 0 Å². The van der Waals surface area contributed by atoms with E-state index in [1.54, 1.807) is 0 Å². The van der Waals surface area contributed by atoms with Crippen molar-refractivity contribution in [2.24, 2.45) is 5.92 Å². The molecule has 1 saturated heterocycles. The van der Waals surface area contributed by atoms with Crippen LogP contribution >= 0.6 is 0 Å². The lowest BCUT2D eigenvalue weighted by Crippen LogP contribution is -2.38. The lowest BCUT2D eigenvalue weighted by atomic mass is 9.78. The molecule has 0 radical (unpaired) electrons. The van der Waals surface area contributed by atoms with Crippen molar-refractivity contribution < 1.29 is 9.84 Å². The molecular formula is C15H22O2. The summed E-state index contributed by atoms with van der Waals surface area (Å²) in [5, 5.41) is 10.8. The first-order valence-corrected chi connectivity index (χ1v) is 6.39. The Bertz CT molecular complexity index is 390. The molecule has 1 aliphatic heterocycles. The number of ether oxygens (including phenoxy) is 1. The van der Waals surface area contributed by atoms with E-state index in [-0.39, 0.29) is 5.92 Å². The van der Waals surface area contributed by atoms with Gasteiger partial charge in [0.25, 0.3) is 0 Å². The Kier molecular flexibility index (Phi) is 3.55. The maximum atomic E-state index is 10.8. The molecule has 2 heteroatoms. The Morgan fingerprint density at radius 3 is 2.76 bits per heavy atom. The highest BCUT2D eigenvalue weighted by molar-refractivity contribution is 5.35. The normalized spacial score (nSPS) is 24.4. The fourth-order valence-corrected chi connectivity index (χ4v) is 2.69. The molecule has 2 atom stereocenters. The molecule has 1 N–H and O–H groups in total. The van der Waals surface area contributed by atoms with Crippen molar-refractivity contribution in [2.45, 2.75) is 39.2 Å². The lowest BCUT2D eigenvalue weighted by molar-refractivity contribution is -0.0727. The topological polar surface area (TPSA) is 29.5 Å². The Morgan fingerprint density at radius 2 is 2.12 bits per heavy atom. The molecule has 1 aliphatic rings. The van der Waals surface area contributed by atoms with Gasteiger partial charge >= 0.3 is 0 Å². The van der Waals surface area contributed by atoms with Crippen LogP contribution in [0.3, 0.4) is 0 Å². The molecule has 2 nitrogen and oxygen atoms in total. The molecule has 1 aromatic rings. The predicted molar refractivity (Wildman–Crippen MR) is 69.0 cm³/mol. The molecule has 17 heavy (non-hydrogen) atoms. The molecular weight excluding hydrogens is 212 g/mol. The molecule has 2 rings (SSSR count). The summed E-state index contributed by atoms with van der Waals surface area (Å²) >= 11 is 0. The maximum Gasteiger partial charge on any atom is 0.0921 e. The Hall–Kier alpha value is -0.860. The van der Waals surface area contributed by atoms with Crippen molar-refractivity contribution >= 4 is 0 Å². The van der Waals surface area contributed by atoms with E-state index in [4.69, 9.17) is 4.74 Å². The Morgan fingerprint density at radius 1 is 1.35 bits per heavy atom. The summed E-state index contributed by atoms with van der Waals surface area (Å²) in [6, 6.07) is 6.28. The lowest BCUT2D eigenvalue weighted by Gasteiger charge is -2.36. The monoisotopic (exact) mass is 234 g/mol. The zero-order valence-electron chi connectivity index (χ0n) is 11.0. The standard InChI is InChI=1S/C15H22O2/c1-11-6-7-12(2)14(9-11)15(3,16)13-5-4-8-17-10-13/h6-7,9,13,16H,4-5,8,10H2,1-3H3. The van der Waals surface area contributed by atoms with Gasteiger partial charge in [0.15, 0.2) is 0 Å². The second-order valence-corrected chi connectivity index (χ2v) is 5.38. The quantitative estimate of drug-likeness (QED) is 0.852. The average molecular weight is 234 g/mol. The number of aryl methyl sites for hydroxylation is 2. The highest BCUT2D eigenvalue weighted by Crippen LogP contribution is 2.36. The molecule has 94 valence electrons. The van der Waals surface area contributed by atoms with E-state index in [0.29, 0.717) is 6.61 Å². The molecule has 1 fully saturated rings. The van der Waals surface area contributed by atoms with Crippen LogP contribution in [0.4, 0.5) is 0 Å². The zero-order valence-corrected chi connectivity index (χ0v) is 11.0. The largest absolute Gasteiger partial charge is 0.385 e. The predicted octanol–water partition coefficient (Wildman–Crippen LogP) is 2.94. The minimum Gasteiger partial charge on any atom is -0.385 e. The van der Waals surface area contributed by atoms with Crippen LogP contribution in [0.1, 0.15) is 36.5 Å². The highest BCUT2D eigenvalue weighted by atomic mass is 16.5. The van der Waals surface area contributed by atoms with Gasteiger partial charge in [0.05, 0.1) is 12.2 Å². The number of aliphatic hydroxyl groups is 1. The average Bonchev–Trinajstić information content (AvgIpc) is 2.33. The first kappa shape index (κ1) is 12.6. The van der Waals surface area contributed by atoms with Crippen LogP contribution in [0.2, 0.25) is 0 Å². The van der Waals surface area contributed by atoms with Gasteiger partial charge in [-0.25, -0.2) is 0 Å². The van der Waals surface area contributed by atoms with Crippen LogP contribution in [0.25, 0.3) is 0 Å². The third-order valence-corrected chi connectivity index (χ3v) is 3.89. The fraction of sp³-hybridized carbons (Fsp3) is 0.600.